The molecule has 29 heavy (non-hydrogen) atoms. The van der Waals surface area contributed by atoms with E-state index in [1.807, 2.05) is 55.6 Å². The minimum atomic E-state index is -1.16. The lowest BCUT2D eigenvalue weighted by atomic mass is 10.1. The molecule has 0 unspecified atom stereocenters. The fraction of sp³-hybridized carbons (Fsp3) is 0.143. The summed E-state index contributed by atoms with van der Waals surface area (Å²) in [4.78, 5) is 33.8. The fourth-order valence-corrected chi connectivity index (χ4v) is 3.00. The standard InChI is InChI=1S/C21H19N5O3/c1-26-12-11-22-19(26)17-15-9-5-6-10-16(15)23-20(27)18(24-17)25-21(28)29-13-14-7-3-2-4-8-14/h2-12,18H,13H2,1H3,(H,23,27)(H,25,28)/t18-/m0/s1. The second-order valence-electron chi connectivity index (χ2n) is 6.48. The van der Waals surface area contributed by atoms with Crippen molar-refractivity contribution in [1.82, 2.24) is 14.9 Å². The maximum atomic E-state index is 12.7. The van der Waals surface area contributed by atoms with E-state index < -0.39 is 18.2 Å². The van der Waals surface area contributed by atoms with Gasteiger partial charge in [-0.05, 0) is 11.6 Å². The summed E-state index contributed by atoms with van der Waals surface area (Å²) in [5.74, 6) is 0.122. The zero-order chi connectivity index (χ0) is 20.2. The van der Waals surface area contributed by atoms with Crippen LogP contribution in [0, 0.1) is 0 Å². The first-order valence-corrected chi connectivity index (χ1v) is 9.05. The van der Waals surface area contributed by atoms with Crippen molar-refractivity contribution in [1.29, 1.82) is 0 Å². The first-order chi connectivity index (χ1) is 14.1. The number of aryl methyl sites for hydroxylation is 1. The largest absolute Gasteiger partial charge is 0.445 e. The number of amides is 2. The van der Waals surface area contributed by atoms with E-state index in [4.69, 9.17) is 4.74 Å². The van der Waals surface area contributed by atoms with E-state index in [0.29, 0.717) is 17.2 Å². The molecule has 2 aromatic carbocycles. The van der Waals surface area contributed by atoms with Gasteiger partial charge < -0.3 is 14.6 Å². The molecule has 2 heterocycles. The zero-order valence-electron chi connectivity index (χ0n) is 15.7. The number of benzodiazepines with no additional fused rings is 1. The summed E-state index contributed by atoms with van der Waals surface area (Å²) in [6.45, 7) is 0.0944. The topological polar surface area (TPSA) is 97.6 Å². The van der Waals surface area contributed by atoms with Crippen molar-refractivity contribution in [3.63, 3.8) is 0 Å². The third kappa shape index (κ3) is 4.01. The van der Waals surface area contributed by atoms with Crippen LogP contribution in [0.25, 0.3) is 0 Å². The molecule has 1 aliphatic heterocycles. The monoisotopic (exact) mass is 389 g/mol. The SMILES string of the molecule is Cn1ccnc1C1=N[C@@H](NC(=O)OCc2ccccc2)C(=O)Nc2ccccc21. The molecule has 0 radical (unpaired) electrons. The summed E-state index contributed by atoms with van der Waals surface area (Å²) in [6, 6.07) is 16.6. The van der Waals surface area contributed by atoms with Crippen LogP contribution < -0.4 is 10.6 Å². The fourth-order valence-electron chi connectivity index (χ4n) is 3.00. The molecule has 2 N–H and O–H groups in total. The van der Waals surface area contributed by atoms with Gasteiger partial charge in [-0.3, -0.25) is 10.1 Å². The van der Waals surface area contributed by atoms with Crippen LogP contribution >= 0.6 is 0 Å². The number of anilines is 1. The molecule has 3 aromatic rings. The van der Waals surface area contributed by atoms with E-state index in [-0.39, 0.29) is 6.61 Å². The predicted molar refractivity (Wildman–Crippen MR) is 107 cm³/mol. The normalized spacial score (nSPS) is 15.6. The van der Waals surface area contributed by atoms with Crippen LogP contribution in [-0.2, 0) is 23.2 Å². The van der Waals surface area contributed by atoms with Gasteiger partial charge in [-0.15, -0.1) is 0 Å². The molecule has 0 saturated heterocycles. The number of carbonyl (C=O) groups is 2. The van der Waals surface area contributed by atoms with Gasteiger partial charge in [0.2, 0.25) is 6.17 Å². The zero-order valence-corrected chi connectivity index (χ0v) is 15.7. The maximum absolute atomic E-state index is 12.7. The molecule has 0 saturated carbocycles. The highest BCUT2D eigenvalue weighted by Crippen LogP contribution is 2.23. The number of rotatable bonds is 4. The van der Waals surface area contributed by atoms with Crippen LogP contribution in [0.2, 0.25) is 0 Å². The van der Waals surface area contributed by atoms with Crippen LogP contribution in [-0.4, -0.2) is 33.4 Å². The number of alkyl carbamates (subject to hydrolysis) is 1. The number of para-hydroxylation sites is 1. The Kier molecular flexibility index (Phi) is 5.07. The number of carbonyl (C=O) groups excluding carboxylic acids is 2. The van der Waals surface area contributed by atoms with Gasteiger partial charge >= 0.3 is 6.09 Å². The minimum Gasteiger partial charge on any atom is -0.445 e. The van der Waals surface area contributed by atoms with Crippen LogP contribution in [0.3, 0.4) is 0 Å². The van der Waals surface area contributed by atoms with E-state index >= 15 is 0 Å². The van der Waals surface area contributed by atoms with Crippen LogP contribution in [0.4, 0.5) is 10.5 Å². The minimum absolute atomic E-state index is 0.0944. The summed E-state index contributed by atoms with van der Waals surface area (Å²) in [7, 11) is 1.84. The molecule has 4 rings (SSSR count). The quantitative estimate of drug-likeness (QED) is 0.716. The number of hydrogen-bond donors (Lipinski definition) is 2. The number of aliphatic imine (C=N–C) groups is 1. The molecule has 146 valence electrons. The Labute approximate surface area is 167 Å². The van der Waals surface area contributed by atoms with Gasteiger partial charge in [-0.25, -0.2) is 14.8 Å². The summed E-state index contributed by atoms with van der Waals surface area (Å²) >= 11 is 0. The molecule has 0 spiro atoms. The molecule has 1 aromatic heterocycles. The van der Waals surface area contributed by atoms with Gasteiger partial charge in [0.1, 0.15) is 12.3 Å². The molecule has 1 atom stereocenters. The number of nitrogens with zero attached hydrogens (tertiary/aromatic N) is 3. The molecule has 0 fully saturated rings. The summed E-state index contributed by atoms with van der Waals surface area (Å²) in [6.07, 6.45) is 1.55. The van der Waals surface area contributed by atoms with Gasteiger partial charge in [0.15, 0.2) is 5.82 Å². The number of imidazole rings is 1. The number of ether oxygens (including phenoxy) is 1. The number of aromatic nitrogens is 2. The van der Waals surface area contributed by atoms with Gasteiger partial charge in [0.25, 0.3) is 5.91 Å². The Morgan fingerprint density at radius 3 is 2.69 bits per heavy atom. The molecule has 2 amide bonds. The summed E-state index contributed by atoms with van der Waals surface area (Å²) < 4.78 is 7.03. The molecule has 0 aliphatic carbocycles. The maximum Gasteiger partial charge on any atom is 0.409 e. The number of fused-ring (bicyclic) bond motifs is 1. The molecule has 1 aliphatic rings. The predicted octanol–water partition coefficient (Wildman–Crippen LogP) is 2.46. The molecule has 8 nitrogen and oxygen atoms in total. The van der Waals surface area contributed by atoms with E-state index in [1.165, 1.54) is 0 Å². The number of benzene rings is 2. The van der Waals surface area contributed by atoms with Crippen LogP contribution in [0.5, 0.6) is 0 Å². The Hall–Kier alpha value is -3.94. The van der Waals surface area contributed by atoms with E-state index in [9.17, 15) is 9.59 Å². The second-order valence-corrected chi connectivity index (χ2v) is 6.48. The van der Waals surface area contributed by atoms with Crippen molar-refractivity contribution in [3.05, 3.63) is 83.9 Å². The van der Waals surface area contributed by atoms with Gasteiger partial charge in [-0.1, -0.05) is 48.5 Å². The summed E-state index contributed by atoms with van der Waals surface area (Å²) in [5.41, 5.74) is 2.66. The molecule has 8 heteroatoms. The molecular weight excluding hydrogens is 370 g/mol. The van der Waals surface area contributed by atoms with Crippen molar-refractivity contribution in [2.45, 2.75) is 12.8 Å². The molecule has 0 bridgehead atoms. The Morgan fingerprint density at radius 1 is 1.17 bits per heavy atom. The highest BCUT2D eigenvalue weighted by Gasteiger charge is 2.28. The Bertz CT molecular complexity index is 1070. The molecular formula is C21H19N5O3. The number of nitrogens with one attached hydrogen (secondary N) is 2. The Balaban J connectivity index is 1.59. The average molecular weight is 389 g/mol. The van der Waals surface area contributed by atoms with Crippen molar-refractivity contribution >= 4 is 23.4 Å². The second kappa shape index (κ2) is 7.97. The lowest BCUT2D eigenvalue weighted by Crippen LogP contribution is -2.42. The summed E-state index contributed by atoms with van der Waals surface area (Å²) in [5, 5.41) is 5.33. The van der Waals surface area contributed by atoms with E-state index in [0.717, 1.165) is 11.1 Å². The van der Waals surface area contributed by atoms with Crippen molar-refractivity contribution in [2.24, 2.45) is 12.0 Å². The van der Waals surface area contributed by atoms with Crippen LogP contribution in [0.15, 0.2) is 72.0 Å². The smallest absolute Gasteiger partial charge is 0.409 e. The lowest BCUT2D eigenvalue weighted by molar-refractivity contribution is -0.117. The third-order valence-electron chi connectivity index (χ3n) is 4.45. The van der Waals surface area contributed by atoms with E-state index in [1.54, 1.807) is 23.0 Å². The lowest BCUT2D eigenvalue weighted by Gasteiger charge is -2.13. The van der Waals surface area contributed by atoms with E-state index in [2.05, 4.69) is 20.6 Å². The van der Waals surface area contributed by atoms with Gasteiger partial charge in [0.05, 0.1) is 5.69 Å². The highest BCUT2D eigenvalue weighted by atomic mass is 16.5. The highest BCUT2D eigenvalue weighted by molar-refractivity contribution is 6.18. The van der Waals surface area contributed by atoms with Gasteiger partial charge in [0, 0.05) is 25.0 Å². The van der Waals surface area contributed by atoms with Gasteiger partial charge in [-0.2, -0.15) is 0 Å². The number of hydrogen-bond acceptors (Lipinski definition) is 5. The van der Waals surface area contributed by atoms with Crippen LogP contribution in [0.1, 0.15) is 17.0 Å². The van der Waals surface area contributed by atoms with Crippen molar-refractivity contribution < 1.29 is 14.3 Å². The first-order valence-electron chi connectivity index (χ1n) is 9.05. The third-order valence-corrected chi connectivity index (χ3v) is 4.45. The van der Waals surface area contributed by atoms with Crippen molar-refractivity contribution in [2.75, 3.05) is 5.32 Å². The average Bonchev–Trinajstić information content (AvgIpc) is 3.10. The first kappa shape index (κ1) is 18.4. The Morgan fingerprint density at radius 2 is 1.93 bits per heavy atom. The van der Waals surface area contributed by atoms with Crippen molar-refractivity contribution in [3.8, 4) is 0 Å².